The number of para-hydroxylation sites is 1. The van der Waals surface area contributed by atoms with E-state index in [0.29, 0.717) is 20.3 Å². The van der Waals surface area contributed by atoms with Gasteiger partial charge in [-0.2, -0.15) is 0 Å². The van der Waals surface area contributed by atoms with Gasteiger partial charge in [0.2, 0.25) is 0 Å². The molecular weight excluding hydrogens is 378 g/mol. The molecule has 2 aromatic rings. The maximum atomic E-state index is 13.1. The average Bonchev–Trinajstić information content (AvgIpc) is 2.93. The van der Waals surface area contributed by atoms with E-state index < -0.39 is 16.0 Å². The van der Waals surface area contributed by atoms with Gasteiger partial charge in [-0.05, 0) is 13.0 Å². The molecular formula is C17H19NO4S3. The highest BCUT2D eigenvalue weighted by molar-refractivity contribution is 8.02. The summed E-state index contributed by atoms with van der Waals surface area (Å²) in [6.07, 6.45) is 0. The molecule has 1 aromatic heterocycles. The van der Waals surface area contributed by atoms with Crippen LogP contribution in [0, 0.1) is 0 Å². The number of carbonyl (C=O) groups is 1. The van der Waals surface area contributed by atoms with Crippen LogP contribution in [0.1, 0.15) is 30.4 Å². The maximum absolute atomic E-state index is 13.1. The van der Waals surface area contributed by atoms with E-state index in [9.17, 15) is 13.2 Å². The Balaban J connectivity index is 2.37. The summed E-state index contributed by atoms with van der Waals surface area (Å²) in [5, 5.41) is 0.190. The number of nitrogens with zero attached hydrogens (tertiary/aromatic N) is 1. The van der Waals surface area contributed by atoms with E-state index >= 15 is 0 Å². The summed E-state index contributed by atoms with van der Waals surface area (Å²) in [5.74, 6) is -0.478. The van der Waals surface area contributed by atoms with Gasteiger partial charge < -0.3 is 4.74 Å². The third-order valence-corrected chi connectivity index (χ3v) is 8.26. The number of fused-ring (bicyclic) bond motifs is 3. The molecule has 0 N–H and O–H groups in total. The lowest BCUT2D eigenvalue weighted by Gasteiger charge is -2.28. The van der Waals surface area contributed by atoms with E-state index in [2.05, 4.69) is 0 Å². The standard InChI is InChI=1S/C17H19NO4S3/c1-5-22-16(19)14-13-11-8-6-7-9-12(11)18(4)25(20,21)15(13)17(24-14)23-10(2)3/h6-10H,5H2,1-4H3. The van der Waals surface area contributed by atoms with Gasteiger partial charge in [-0.3, -0.25) is 4.31 Å². The number of thiophene rings is 1. The van der Waals surface area contributed by atoms with Crippen LogP contribution in [0.3, 0.4) is 0 Å². The van der Waals surface area contributed by atoms with Crippen molar-refractivity contribution in [1.82, 2.24) is 0 Å². The first-order valence-electron chi connectivity index (χ1n) is 7.88. The maximum Gasteiger partial charge on any atom is 0.349 e. The van der Waals surface area contributed by atoms with Gasteiger partial charge in [0.25, 0.3) is 10.0 Å². The van der Waals surface area contributed by atoms with Gasteiger partial charge in [0.05, 0.1) is 16.5 Å². The van der Waals surface area contributed by atoms with E-state index in [1.54, 1.807) is 26.1 Å². The molecule has 25 heavy (non-hydrogen) atoms. The van der Waals surface area contributed by atoms with Gasteiger partial charge in [-0.1, -0.05) is 32.0 Å². The molecule has 8 heteroatoms. The fraction of sp³-hybridized carbons (Fsp3) is 0.353. The topological polar surface area (TPSA) is 63.7 Å². The van der Waals surface area contributed by atoms with Crippen LogP contribution in [0.2, 0.25) is 0 Å². The number of thioether (sulfide) groups is 1. The molecule has 0 spiro atoms. The summed E-state index contributed by atoms with van der Waals surface area (Å²) >= 11 is 2.66. The summed E-state index contributed by atoms with van der Waals surface area (Å²) < 4.78 is 33.4. The van der Waals surface area contributed by atoms with Crippen LogP contribution in [-0.2, 0) is 14.8 Å². The molecule has 0 aliphatic carbocycles. The third-order valence-electron chi connectivity index (χ3n) is 3.77. The number of anilines is 1. The van der Waals surface area contributed by atoms with Crippen molar-refractivity contribution < 1.29 is 17.9 Å². The largest absolute Gasteiger partial charge is 0.462 e. The monoisotopic (exact) mass is 397 g/mol. The van der Waals surface area contributed by atoms with Crippen LogP contribution in [-0.4, -0.2) is 33.3 Å². The van der Waals surface area contributed by atoms with E-state index in [4.69, 9.17) is 4.74 Å². The fourth-order valence-corrected chi connectivity index (χ4v) is 7.56. The molecule has 1 aliphatic rings. The average molecular weight is 398 g/mol. The number of carbonyl (C=O) groups excluding carboxylic acids is 1. The lowest BCUT2D eigenvalue weighted by atomic mass is 10.0. The van der Waals surface area contributed by atoms with Crippen molar-refractivity contribution in [2.24, 2.45) is 0 Å². The Hall–Kier alpha value is -1.51. The van der Waals surface area contributed by atoms with Crippen molar-refractivity contribution in [3.63, 3.8) is 0 Å². The number of sulfonamides is 1. The number of esters is 1. The second-order valence-corrected chi connectivity index (χ2v) is 10.6. The number of benzene rings is 1. The molecule has 0 radical (unpaired) electrons. The molecule has 0 saturated heterocycles. The summed E-state index contributed by atoms with van der Waals surface area (Å²) in [5.41, 5.74) is 1.78. The summed E-state index contributed by atoms with van der Waals surface area (Å²) in [6.45, 7) is 5.97. The fourth-order valence-electron chi connectivity index (χ4n) is 2.73. The minimum Gasteiger partial charge on any atom is -0.462 e. The first kappa shape index (κ1) is 18.3. The molecule has 0 atom stereocenters. The van der Waals surface area contributed by atoms with Gasteiger partial charge in [0.1, 0.15) is 9.77 Å². The normalized spacial score (nSPS) is 15.0. The third kappa shape index (κ3) is 2.96. The molecule has 3 rings (SSSR count). The van der Waals surface area contributed by atoms with Crippen LogP contribution in [0.25, 0.3) is 11.1 Å². The van der Waals surface area contributed by atoms with Gasteiger partial charge in [0.15, 0.2) is 0 Å². The molecule has 5 nitrogen and oxygen atoms in total. The Bertz CT molecular complexity index is 931. The molecule has 1 aliphatic heterocycles. The van der Waals surface area contributed by atoms with E-state index in [-0.39, 0.29) is 16.8 Å². The zero-order valence-electron chi connectivity index (χ0n) is 14.4. The predicted molar refractivity (Wildman–Crippen MR) is 102 cm³/mol. The number of hydrogen-bond acceptors (Lipinski definition) is 6. The summed E-state index contributed by atoms with van der Waals surface area (Å²) in [4.78, 5) is 13.1. The number of hydrogen-bond donors (Lipinski definition) is 0. The first-order chi connectivity index (χ1) is 11.8. The lowest BCUT2D eigenvalue weighted by molar-refractivity contribution is 0.0533. The van der Waals surface area contributed by atoms with Crippen molar-refractivity contribution in [2.75, 3.05) is 18.0 Å². The van der Waals surface area contributed by atoms with E-state index in [1.807, 2.05) is 26.0 Å². The quantitative estimate of drug-likeness (QED) is 0.571. The molecule has 1 aromatic carbocycles. The predicted octanol–water partition coefficient (Wildman–Crippen LogP) is 4.23. The Morgan fingerprint density at radius 3 is 2.64 bits per heavy atom. The van der Waals surface area contributed by atoms with Gasteiger partial charge in [0, 0.05) is 23.4 Å². The summed E-state index contributed by atoms with van der Waals surface area (Å²) in [7, 11) is -2.18. The van der Waals surface area contributed by atoms with E-state index in [1.165, 1.54) is 27.4 Å². The van der Waals surface area contributed by atoms with E-state index in [0.717, 1.165) is 5.56 Å². The van der Waals surface area contributed by atoms with Gasteiger partial charge in [-0.15, -0.1) is 23.1 Å². The number of rotatable bonds is 4. The molecule has 0 amide bonds. The molecule has 0 bridgehead atoms. The van der Waals surface area contributed by atoms with Crippen LogP contribution in [0.15, 0.2) is 33.4 Å². The highest BCUT2D eigenvalue weighted by Crippen LogP contribution is 2.52. The highest BCUT2D eigenvalue weighted by atomic mass is 32.2. The highest BCUT2D eigenvalue weighted by Gasteiger charge is 2.40. The van der Waals surface area contributed by atoms with Crippen molar-refractivity contribution in [3.05, 3.63) is 29.1 Å². The van der Waals surface area contributed by atoms with Crippen molar-refractivity contribution in [3.8, 4) is 11.1 Å². The SMILES string of the molecule is CCOC(=O)c1sc(SC(C)C)c2c1-c1ccccc1N(C)S2(=O)=O. The van der Waals surface area contributed by atoms with Crippen molar-refractivity contribution in [1.29, 1.82) is 0 Å². The van der Waals surface area contributed by atoms with Crippen molar-refractivity contribution in [2.45, 2.75) is 35.1 Å². The molecule has 0 saturated carbocycles. The second-order valence-electron chi connectivity index (χ2n) is 5.80. The van der Waals surface area contributed by atoms with Crippen molar-refractivity contribution >= 4 is 44.8 Å². The van der Waals surface area contributed by atoms with Crippen LogP contribution >= 0.6 is 23.1 Å². The Morgan fingerprint density at radius 1 is 1.32 bits per heavy atom. The van der Waals surface area contributed by atoms with Crippen LogP contribution in [0.5, 0.6) is 0 Å². The zero-order valence-corrected chi connectivity index (χ0v) is 16.8. The zero-order chi connectivity index (χ0) is 18.4. The minimum absolute atomic E-state index is 0.190. The minimum atomic E-state index is -3.72. The van der Waals surface area contributed by atoms with Gasteiger partial charge >= 0.3 is 5.97 Å². The molecule has 0 fully saturated rings. The molecule has 0 unspecified atom stereocenters. The van der Waals surface area contributed by atoms with Crippen LogP contribution in [0.4, 0.5) is 5.69 Å². The molecule has 134 valence electrons. The Morgan fingerprint density at radius 2 is 2.00 bits per heavy atom. The Kier molecular flexibility index (Phi) is 4.87. The lowest BCUT2D eigenvalue weighted by Crippen LogP contribution is -2.30. The number of ether oxygens (including phenoxy) is 1. The molecule has 2 heterocycles. The van der Waals surface area contributed by atoms with Crippen LogP contribution < -0.4 is 4.31 Å². The Labute approximate surface area is 156 Å². The summed E-state index contributed by atoms with van der Waals surface area (Å²) in [6, 6.07) is 7.22. The van der Waals surface area contributed by atoms with Gasteiger partial charge in [-0.25, -0.2) is 13.2 Å². The first-order valence-corrected chi connectivity index (χ1v) is 11.0. The smallest absolute Gasteiger partial charge is 0.349 e. The second kappa shape index (κ2) is 6.66.